The van der Waals surface area contributed by atoms with Gasteiger partial charge in [0.15, 0.2) is 0 Å². The molecule has 2 aromatic carbocycles. The van der Waals surface area contributed by atoms with Gasteiger partial charge in [-0.05, 0) is 41.8 Å². The summed E-state index contributed by atoms with van der Waals surface area (Å²) in [7, 11) is 0. The Bertz CT molecular complexity index is 584. The number of carbonyl (C=O) groups is 1. The number of hydrogen-bond donors (Lipinski definition) is 2. The summed E-state index contributed by atoms with van der Waals surface area (Å²) in [4.78, 5) is 11.8. The summed E-state index contributed by atoms with van der Waals surface area (Å²) in [5.41, 5.74) is 3.02. The molecule has 3 nitrogen and oxygen atoms in total. The fourth-order valence-corrected chi connectivity index (χ4v) is 2.41. The van der Waals surface area contributed by atoms with Crippen LogP contribution in [0.3, 0.4) is 0 Å². The molecule has 0 aliphatic carbocycles. The van der Waals surface area contributed by atoms with Crippen LogP contribution in [0.15, 0.2) is 48.5 Å². The smallest absolute Gasteiger partial charge is 0.319 e. The number of nitrogens with one attached hydrogen (secondary N) is 2. The maximum Gasteiger partial charge on any atom is 0.319 e. The molecule has 0 spiro atoms. The van der Waals surface area contributed by atoms with Gasteiger partial charge < -0.3 is 10.6 Å². The summed E-state index contributed by atoms with van der Waals surface area (Å²) in [6.45, 7) is 0.463. The molecule has 0 unspecified atom stereocenters. The lowest BCUT2D eigenvalue weighted by Crippen LogP contribution is -2.28. The number of carbonyl (C=O) groups excluding carboxylic acids is 1. The molecule has 0 bridgehead atoms. The third kappa shape index (κ3) is 5.40. The second-order valence-corrected chi connectivity index (χ2v) is 5.80. The lowest BCUT2D eigenvalue weighted by molar-refractivity contribution is 0.251. The van der Waals surface area contributed by atoms with Crippen LogP contribution in [0.1, 0.15) is 11.1 Å². The molecular weight excluding hydrogens is 352 g/mol. The van der Waals surface area contributed by atoms with Crippen LogP contribution in [0.25, 0.3) is 0 Å². The quantitative estimate of drug-likeness (QED) is 0.745. The van der Waals surface area contributed by atoms with Crippen LogP contribution in [-0.4, -0.2) is 11.4 Å². The van der Waals surface area contributed by atoms with Gasteiger partial charge in [-0.1, -0.05) is 51.8 Å². The molecule has 0 saturated heterocycles. The monoisotopic (exact) mass is 366 g/mol. The number of benzene rings is 2. The van der Waals surface area contributed by atoms with Crippen LogP contribution in [0.4, 0.5) is 10.5 Å². The Kier molecular flexibility index (Phi) is 6.08. The van der Waals surface area contributed by atoms with E-state index in [1.807, 2.05) is 36.4 Å². The average molecular weight is 368 g/mol. The van der Waals surface area contributed by atoms with Crippen molar-refractivity contribution in [3.63, 3.8) is 0 Å². The van der Waals surface area contributed by atoms with Gasteiger partial charge in [-0.3, -0.25) is 0 Å². The average Bonchev–Trinajstić information content (AvgIpc) is 2.49. The summed E-state index contributed by atoms with van der Waals surface area (Å²) in [5.74, 6) is 0. The van der Waals surface area contributed by atoms with Gasteiger partial charge in [-0.2, -0.15) is 0 Å². The van der Waals surface area contributed by atoms with Crippen molar-refractivity contribution >= 4 is 39.2 Å². The molecule has 2 aromatic rings. The van der Waals surface area contributed by atoms with Crippen LogP contribution in [-0.2, 0) is 13.0 Å². The van der Waals surface area contributed by atoms with Gasteiger partial charge in [0, 0.05) is 22.6 Å². The Morgan fingerprint density at radius 3 is 2.24 bits per heavy atom. The number of alkyl halides is 1. The van der Waals surface area contributed by atoms with Crippen LogP contribution in [0.5, 0.6) is 0 Å². The molecular formula is C16H16BrClN2O. The Morgan fingerprint density at radius 2 is 1.62 bits per heavy atom. The Morgan fingerprint density at radius 1 is 1.00 bits per heavy atom. The minimum Gasteiger partial charge on any atom is -0.334 e. The maximum atomic E-state index is 11.8. The molecule has 2 N–H and O–H groups in total. The molecule has 5 heteroatoms. The summed E-state index contributed by atoms with van der Waals surface area (Å²) in [6.07, 6.45) is 0.975. The topological polar surface area (TPSA) is 41.1 Å². The van der Waals surface area contributed by atoms with Crippen LogP contribution >= 0.6 is 27.5 Å². The van der Waals surface area contributed by atoms with Crippen molar-refractivity contribution in [2.24, 2.45) is 0 Å². The Hall–Kier alpha value is -1.52. The van der Waals surface area contributed by atoms with Crippen molar-refractivity contribution < 1.29 is 4.79 Å². The maximum absolute atomic E-state index is 11.8. The first-order chi connectivity index (χ1) is 10.2. The molecule has 0 aliphatic heterocycles. The van der Waals surface area contributed by atoms with Crippen molar-refractivity contribution in [3.8, 4) is 0 Å². The SMILES string of the molecule is O=C(NCc1ccc(Cl)cc1)Nc1ccc(CCBr)cc1. The normalized spacial score (nSPS) is 10.2. The summed E-state index contributed by atoms with van der Waals surface area (Å²) in [5, 5.41) is 7.23. The first kappa shape index (κ1) is 15.9. The third-order valence-electron chi connectivity index (χ3n) is 2.96. The van der Waals surface area contributed by atoms with Gasteiger partial charge in [0.2, 0.25) is 0 Å². The molecule has 0 saturated carbocycles. The molecule has 0 atom stereocenters. The van der Waals surface area contributed by atoms with Gasteiger partial charge in [-0.25, -0.2) is 4.79 Å². The highest BCUT2D eigenvalue weighted by molar-refractivity contribution is 9.09. The molecule has 21 heavy (non-hydrogen) atoms. The van der Waals surface area contributed by atoms with E-state index in [1.54, 1.807) is 12.1 Å². The van der Waals surface area contributed by atoms with Gasteiger partial charge in [0.05, 0.1) is 0 Å². The van der Waals surface area contributed by atoms with Crippen molar-refractivity contribution in [3.05, 3.63) is 64.7 Å². The van der Waals surface area contributed by atoms with E-state index in [2.05, 4.69) is 26.6 Å². The fourth-order valence-electron chi connectivity index (χ4n) is 1.82. The van der Waals surface area contributed by atoms with Crippen molar-refractivity contribution in [2.75, 3.05) is 10.6 Å². The number of aryl methyl sites for hydroxylation is 1. The van der Waals surface area contributed by atoms with E-state index >= 15 is 0 Å². The van der Waals surface area contributed by atoms with Crippen molar-refractivity contribution in [1.82, 2.24) is 5.32 Å². The van der Waals surface area contributed by atoms with Crippen LogP contribution < -0.4 is 10.6 Å². The molecule has 0 aliphatic rings. The number of halogens is 2. The zero-order valence-electron chi connectivity index (χ0n) is 11.4. The van der Waals surface area contributed by atoms with Crippen LogP contribution in [0.2, 0.25) is 5.02 Å². The standard InChI is InChI=1S/C16H16BrClN2O/c17-10-9-12-3-7-15(8-4-12)20-16(21)19-11-13-1-5-14(18)6-2-13/h1-8H,9-11H2,(H2,19,20,21). The van der Waals surface area contributed by atoms with Gasteiger partial charge in [-0.15, -0.1) is 0 Å². The Labute approximate surface area is 137 Å². The first-order valence-electron chi connectivity index (χ1n) is 6.61. The van der Waals surface area contributed by atoms with Crippen molar-refractivity contribution in [1.29, 1.82) is 0 Å². The first-order valence-corrected chi connectivity index (χ1v) is 8.11. The highest BCUT2D eigenvalue weighted by atomic mass is 79.9. The predicted molar refractivity (Wildman–Crippen MR) is 91.3 cm³/mol. The number of hydrogen-bond acceptors (Lipinski definition) is 1. The van der Waals surface area contributed by atoms with E-state index < -0.39 is 0 Å². The van der Waals surface area contributed by atoms with Gasteiger partial charge in [0.1, 0.15) is 0 Å². The van der Waals surface area contributed by atoms with Crippen molar-refractivity contribution in [2.45, 2.75) is 13.0 Å². The molecule has 0 radical (unpaired) electrons. The predicted octanol–water partition coefficient (Wildman–Crippen LogP) is 4.60. The summed E-state index contributed by atoms with van der Waals surface area (Å²) in [6, 6.07) is 15.0. The molecule has 0 aromatic heterocycles. The fraction of sp³-hybridized carbons (Fsp3) is 0.188. The molecule has 0 fully saturated rings. The number of rotatable bonds is 5. The zero-order valence-corrected chi connectivity index (χ0v) is 13.7. The van der Waals surface area contributed by atoms with E-state index in [-0.39, 0.29) is 6.03 Å². The second kappa shape index (κ2) is 8.05. The van der Waals surface area contributed by atoms with Gasteiger partial charge >= 0.3 is 6.03 Å². The molecule has 2 rings (SSSR count). The number of amides is 2. The molecule has 2 amide bonds. The van der Waals surface area contributed by atoms with E-state index in [9.17, 15) is 4.79 Å². The summed E-state index contributed by atoms with van der Waals surface area (Å²) >= 11 is 9.22. The van der Waals surface area contributed by atoms with E-state index in [0.717, 1.165) is 23.0 Å². The minimum atomic E-state index is -0.224. The van der Waals surface area contributed by atoms with E-state index in [1.165, 1.54) is 5.56 Å². The number of anilines is 1. The molecule has 0 heterocycles. The lowest BCUT2D eigenvalue weighted by Gasteiger charge is -2.08. The third-order valence-corrected chi connectivity index (χ3v) is 3.61. The summed E-state index contributed by atoms with van der Waals surface area (Å²) < 4.78 is 0. The highest BCUT2D eigenvalue weighted by Gasteiger charge is 2.02. The highest BCUT2D eigenvalue weighted by Crippen LogP contribution is 2.11. The molecule has 110 valence electrons. The zero-order chi connectivity index (χ0) is 15.1. The lowest BCUT2D eigenvalue weighted by atomic mass is 10.1. The van der Waals surface area contributed by atoms with E-state index in [0.29, 0.717) is 11.6 Å². The Balaban J connectivity index is 1.82. The van der Waals surface area contributed by atoms with Gasteiger partial charge in [0.25, 0.3) is 0 Å². The van der Waals surface area contributed by atoms with E-state index in [4.69, 9.17) is 11.6 Å². The van der Waals surface area contributed by atoms with Crippen LogP contribution in [0, 0.1) is 0 Å². The number of urea groups is 1. The minimum absolute atomic E-state index is 0.224. The largest absolute Gasteiger partial charge is 0.334 e. The second-order valence-electron chi connectivity index (χ2n) is 4.57.